The number of hydrogen-bond donors (Lipinski definition) is 1. The zero-order valence-corrected chi connectivity index (χ0v) is 10.5. The van der Waals surface area contributed by atoms with Crippen molar-refractivity contribution >= 4 is 0 Å². The summed E-state index contributed by atoms with van der Waals surface area (Å²) in [6.07, 6.45) is 2.91. The fourth-order valence-electron chi connectivity index (χ4n) is 1.90. The van der Waals surface area contributed by atoms with Crippen LogP contribution in [0.1, 0.15) is 33.6 Å². The first-order chi connectivity index (χ1) is 7.24. The molecule has 1 atom stereocenters. The summed E-state index contributed by atoms with van der Waals surface area (Å²) in [6.45, 7) is 11.9. The standard InChI is InChI=1S/C12H26N2O/c1-4-5-6-13-9-12-10-14(11(2)3)7-8-15-12/h11-13H,4-10H2,1-3H3. The van der Waals surface area contributed by atoms with Gasteiger partial charge in [0.25, 0.3) is 0 Å². The first kappa shape index (κ1) is 12.9. The number of rotatable bonds is 6. The maximum Gasteiger partial charge on any atom is 0.0826 e. The van der Waals surface area contributed by atoms with Crippen molar-refractivity contribution in [2.75, 3.05) is 32.8 Å². The van der Waals surface area contributed by atoms with Gasteiger partial charge in [0.1, 0.15) is 0 Å². The molecule has 1 aliphatic rings. The lowest BCUT2D eigenvalue weighted by Gasteiger charge is -2.35. The van der Waals surface area contributed by atoms with Gasteiger partial charge in [0.05, 0.1) is 12.7 Å². The number of nitrogens with zero attached hydrogens (tertiary/aromatic N) is 1. The molecule has 0 aromatic heterocycles. The van der Waals surface area contributed by atoms with Gasteiger partial charge in [-0.2, -0.15) is 0 Å². The van der Waals surface area contributed by atoms with Crippen LogP contribution in [0.2, 0.25) is 0 Å². The minimum absolute atomic E-state index is 0.387. The molecule has 1 unspecified atom stereocenters. The molecular weight excluding hydrogens is 188 g/mol. The van der Waals surface area contributed by atoms with Crippen LogP contribution < -0.4 is 5.32 Å². The van der Waals surface area contributed by atoms with Gasteiger partial charge in [-0.25, -0.2) is 0 Å². The molecular formula is C12H26N2O. The summed E-state index contributed by atoms with van der Waals surface area (Å²) in [5.74, 6) is 0. The first-order valence-electron chi connectivity index (χ1n) is 6.30. The first-order valence-corrected chi connectivity index (χ1v) is 6.30. The number of morpholine rings is 1. The van der Waals surface area contributed by atoms with Crippen LogP contribution in [0, 0.1) is 0 Å². The van der Waals surface area contributed by atoms with Crippen molar-refractivity contribution in [1.82, 2.24) is 10.2 Å². The Hall–Kier alpha value is -0.120. The van der Waals surface area contributed by atoms with Gasteiger partial charge in [0.2, 0.25) is 0 Å². The van der Waals surface area contributed by atoms with E-state index in [2.05, 4.69) is 31.0 Å². The Kier molecular flexibility index (Phi) is 6.22. The summed E-state index contributed by atoms with van der Waals surface area (Å²) < 4.78 is 5.73. The zero-order chi connectivity index (χ0) is 11.1. The van der Waals surface area contributed by atoms with Crippen molar-refractivity contribution in [3.8, 4) is 0 Å². The number of nitrogens with one attached hydrogen (secondary N) is 1. The third-order valence-electron chi connectivity index (χ3n) is 2.98. The molecule has 90 valence electrons. The SMILES string of the molecule is CCCCNCC1CN(C(C)C)CCO1. The van der Waals surface area contributed by atoms with E-state index in [-0.39, 0.29) is 0 Å². The van der Waals surface area contributed by atoms with E-state index in [1.54, 1.807) is 0 Å². The molecule has 3 nitrogen and oxygen atoms in total. The maximum atomic E-state index is 5.73. The zero-order valence-electron chi connectivity index (χ0n) is 10.5. The van der Waals surface area contributed by atoms with E-state index in [0.717, 1.165) is 32.8 Å². The normalized spacial score (nSPS) is 23.6. The highest BCUT2D eigenvalue weighted by molar-refractivity contribution is 4.75. The predicted octanol–water partition coefficient (Wildman–Crippen LogP) is 1.49. The Morgan fingerprint density at radius 2 is 2.27 bits per heavy atom. The molecule has 0 radical (unpaired) electrons. The summed E-state index contributed by atoms with van der Waals surface area (Å²) in [6, 6.07) is 0.645. The van der Waals surface area contributed by atoms with E-state index >= 15 is 0 Å². The second-order valence-electron chi connectivity index (χ2n) is 4.64. The third-order valence-corrected chi connectivity index (χ3v) is 2.98. The minimum atomic E-state index is 0.387. The Morgan fingerprint density at radius 1 is 1.47 bits per heavy atom. The van der Waals surface area contributed by atoms with E-state index in [0.29, 0.717) is 12.1 Å². The molecule has 1 saturated heterocycles. The third kappa shape index (κ3) is 4.96. The molecule has 0 saturated carbocycles. The van der Waals surface area contributed by atoms with Gasteiger partial charge in [-0.3, -0.25) is 4.90 Å². The summed E-state index contributed by atoms with van der Waals surface area (Å²) >= 11 is 0. The predicted molar refractivity (Wildman–Crippen MR) is 64.2 cm³/mol. The highest BCUT2D eigenvalue weighted by atomic mass is 16.5. The number of ether oxygens (including phenoxy) is 1. The Morgan fingerprint density at radius 3 is 2.93 bits per heavy atom. The largest absolute Gasteiger partial charge is 0.374 e. The molecule has 0 aromatic carbocycles. The molecule has 0 aliphatic carbocycles. The minimum Gasteiger partial charge on any atom is -0.374 e. The van der Waals surface area contributed by atoms with Crippen LogP contribution in [-0.4, -0.2) is 49.8 Å². The summed E-state index contributed by atoms with van der Waals surface area (Å²) in [5, 5.41) is 3.46. The lowest BCUT2D eigenvalue weighted by atomic mass is 10.2. The number of unbranched alkanes of at least 4 members (excludes halogenated alkanes) is 1. The monoisotopic (exact) mass is 214 g/mol. The van der Waals surface area contributed by atoms with Gasteiger partial charge in [-0.15, -0.1) is 0 Å². The smallest absolute Gasteiger partial charge is 0.0826 e. The molecule has 15 heavy (non-hydrogen) atoms. The van der Waals surface area contributed by atoms with E-state index in [9.17, 15) is 0 Å². The van der Waals surface area contributed by atoms with E-state index in [4.69, 9.17) is 4.74 Å². The molecule has 0 aromatic rings. The fourth-order valence-corrected chi connectivity index (χ4v) is 1.90. The van der Waals surface area contributed by atoms with E-state index < -0.39 is 0 Å². The Balaban J connectivity index is 2.13. The van der Waals surface area contributed by atoms with Gasteiger partial charge in [0, 0.05) is 25.7 Å². The highest BCUT2D eigenvalue weighted by Crippen LogP contribution is 2.07. The molecule has 1 N–H and O–H groups in total. The number of hydrogen-bond acceptors (Lipinski definition) is 3. The van der Waals surface area contributed by atoms with Crippen LogP contribution in [-0.2, 0) is 4.74 Å². The van der Waals surface area contributed by atoms with Gasteiger partial charge in [0.15, 0.2) is 0 Å². The van der Waals surface area contributed by atoms with Crippen LogP contribution >= 0.6 is 0 Å². The highest BCUT2D eigenvalue weighted by Gasteiger charge is 2.21. The van der Waals surface area contributed by atoms with E-state index in [1.807, 2.05) is 0 Å². The van der Waals surface area contributed by atoms with Crippen molar-refractivity contribution in [1.29, 1.82) is 0 Å². The van der Waals surface area contributed by atoms with Crippen molar-refractivity contribution < 1.29 is 4.74 Å². The lowest BCUT2D eigenvalue weighted by Crippen LogP contribution is -2.49. The van der Waals surface area contributed by atoms with Crippen molar-refractivity contribution in [2.45, 2.75) is 45.8 Å². The van der Waals surface area contributed by atoms with E-state index in [1.165, 1.54) is 12.8 Å². The molecule has 0 spiro atoms. The summed E-state index contributed by atoms with van der Waals surface area (Å²) in [5.41, 5.74) is 0. The maximum absolute atomic E-state index is 5.73. The fraction of sp³-hybridized carbons (Fsp3) is 1.00. The molecule has 3 heteroatoms. The van der Waals surface area contributed by atoms with Gasteiger partial charge >= 0.3 is 0 Å². The topological polar surface area (TPSA) is 24.5 Å². The van der Waals surface area contributed by atoms with Gasteiger partial charge in [-0.05, 0) is 26.8 Å². The van der Waals surface area contributed by atoms with Crippen molar-refractivity contribution in [3.05, 3.63) is 0 Å². The lowest BCUT2D eigenvalue weighted by molar-refractivity contribution is -0.0370. The second-order valence-corrected chi connectivity index (χ2v) is 4.64. The molecule has 1 heterocycles. The van der Waals surface area contributed by atoms with Gasteiger partial charge in [-0.1, -0.05) is 13.3 Å². The van der Waals surface area contributed by atoms with Crippen molar-refractivity contribution in [2.24, 2.45) is 0 Å². The Bertz CT molecular complexity index is 162. The molecule has 1 fully saturated rings. The molecule has 0 bridgehead atoms. The quantitative estimate of drug-likeness (QED) is 0.678. The summed E-state index contributed by atoms with van der Waals surface area (Å²) in [7, 11) is 0. The van der Waals surface area contributed by atoms with Crippen LogP contribution in [0.15, 0.2) is 0 Å². The average Bonchev–Trinajstić information content (AvgIpc) is 2.25. The average molecular weight is 214 g/mol. The van der Waals surface area contributed by atoms with Crippen LogP contribution in [0.5, 0.6) is 0 Å². The van der Waals surface area contributed by atoms with Gasteiger partial charge < -0.3 is 10.1 Å². The van der Waals surface area contributed by atoms with Crippen LogP contribution in [0.4, 0.5) is 0 Å². The van der Waals surface area contributed by atoms with Crippen molar-refractivity contribution in [3.63, 3.8) is 0 Å². The van der Waals surface area contributed by atoms with Crippen LogP contribution in [0.3, 0.4) is 0 Å². The molecule has 0 amide bonds. The Labute approximate surface area is 94.2 Å². The second kappa shape index (κ2) is 7.20. The molecule has 1 rings (SSSR count). The van der Waals surface area contributed by atoms with Crippen LogP contribution in [0.25, 0.3) is 0 Å². The summed E-state index contributed by atoms with van der Waals surface area (Å²) in [4.78, 5) is 2.50. The molecule has 1 aliphatic heterocycles.